The Labute approximate surface area is 100 Å². The van der Waals surface area contributed by atoms with Gasteiger partial charge in [0.15, 0.2) is 0 Å². The molecule has 0 aromatic heterocycles. The minimum atomic E-state index is -2.43. The third-order valence-corrected chi connectivity index (χ3v) is 3.50. The molecule has 1 aromatic carbocycles. The van der Waals surface area contributed by atoms with Crippen LogP contribution in [-0.4, -0.2) is 25.1 Å². The molecular formula is C13H18F2N2. The van der Waals surface area contributed by atoms with Gasteiger partial charge in [-0.05, 0) is 37.5 Å². The van der Waals surface area contributed by atoms with Gasteiger partial charge in [-0.25, -0.2) is 8.78 Å². The number of nitrogens with zero attached hydrogens (tertiary/aromatic N) is 1. The lowest BCUT2D eigenvalue weighted by atomic mass is 9.89. The summed E-state index contributed by atoms with van der Waals surface area (Å²) in [4.78, 5) is 2.13. The van der Waals surface area contributed by atoms with E-state index in [-0.39, 0.29) is 0 Å². The van der Waals surface area contributed by atoms with Crippen LogP contribution in [0.1, 0.15) is 18.4 Å². The molecule has 1 aliphatic rings. The molecule has 0 amide bonds. The monoisotopic (exact) mass is 240 g/mol. The average Bonchev–Trinajstić information content (AvgIpc) is 2.30. The van der Waals surface area contributed by atoms with Gasteiger partial charge in [-0.1, -0.05) is 12.1 Å². The van der Waals surface area contributed by atoms with E-state index >= 15 is 0 Å². The molecule has 4 heteroatoms. The fourth-order valence-electron chi connectivity index (χ4n) is 2.22. The molecule has 0 saturated carbocycles. The average molecular weight is 240 g/mol. The number of hydrogen-bond acceptors (Lipinski definition) is 2. The van der Waals surface area contributed by atoms with Crippen molar-refractivity contribution in [1.29, 1.82) is 0 Å². The molecule has 0 aliphatic carbocycles. The van der Waals surface area contributed by atoms with E-state index in [4.69, 9.17) is 5.73 Å². The summed E-state index contributed by atoms with van der Waals surface area (Å²) in [5, 5.41) is 0. The van der Waals surface area contributed by atoms with Crippen LogP contribution in [0.2, 0.25) is 0 Å². The Balaban J connectivity index is 2.04. The number of nitrogens with two attached hydrogens (primary N) is 1. The fraction of sp³-hybridized carbons (Fsp3) is 0.538. The maximum absolute atomic E-state index is 12.8. The van der Waals surface area contributed by atoms with Crippen LogP contribution in [-0.2, 0) is 0 Å². The number of rotatable bonds is 2. The van der Waals surface area contributed by atoms with Crippen LogP contribution in [0.3, 0.4) is 0 Å². The maximum atomic E-state index is 12.8. The summed E-state index contributed by atoms with van der Waals surface area (Å²) in [6.07, 6.45) is -1.74. The first-order chi connectivity index (χ1) is 8.01. The highest BCUT2D eigenvalue weighted by atomic mass is 19.3. The molecule has 0 bridgehead atoms. The molecule has 17 heavy (non-hydrogen) atoms. The van der Waals surface area contributed by atoms with Crippen LogP contribution >= 0.6 is 0 Å². The first-order valence-electron chi connectivity index (χ1n) is 5.90. The highest BCUT2D eigenvalue weighted by molar-refractivity contribution is 5.48. The number of benzene rings is 1. The topological polar surface area (TPSA) is 29.3 Å². The summed E-state index contributed by atoms with van der Waals surface area (Å²) in [6, 6.07) is 8.10. The number of aryl methyl sites for hydroxylation is 1. The Bertz CT molecular complexity index is 385. The molecule has 0 unspecified atom stereocenters. The lowest BCUT2D eigenvalue weighted by Crippen LogP contribution is -2.55. The van der Waals surface area contributed by atoms with E-state index in [1.807, 2.05) is 25.1 Å². The normalized spacial score (nSPS) is 19.7. The van der Waals surface area contributed by atoms with E-state index in [1.54, 1.807) is 0 Å². The van der Waals surface area contributed by atoms with Crippen LogP contribution < -0.4 is 10.6 Å². The molecule has 1 heterocycles. The Hall–Kier alpha value is -1.16. The second kappa shape index (κ2) is 4.61. The van der Waals surface area contributed by atoms with E-state index in [2.05, 4.69) is 11.0 Å². The molecule has 2 rings (SSSR count). The third kappa shape index (κ3) is 2.57. The zero-order valence-corrected chi connectivity index (χ0v) is 10.00. The number of anilines is 1. The molecule has 1 fully saturated rings. The Morgan fingerprint density at radius 2 is 1.94 bits per heavy atom. The minimum Gasteiger partial charge on any atom is -0.371 e. The van der Waals surface area contributed by atoms with Gasteiger partial charge >= 0.3 is 0 Å². The number of alkyl halides is 2. The van der Waals surface area contributed by atoms with Crippen molar-refractivity contribution >= 4 is 5.69 Å². The lowest BCUT2D eigenvalue weighted by molar-refractivity contribution is 0.0391. The van der Waals surface area contributed by atoms with Crippen molar-refractivity contribution < 1.29 is 8.78 Å². The van der Waals surface area contributed by atoms with Gasteiger partial charge in [0.05, 0.1) is 5.54 Å². The van der Waals surface area contributed by atoms with Crippen molar-refractivity contribution in [2.75, 3.05) is 18.0 Å². The van der Waals surface area contributed by atoms with E-state index in [0.717, 1.165) is 5.69 Å². The van der Waals surface area contributed by atoms with Crippen molar-refractivity contribution in [3.8, 4) is 0 Å². The Morgan fingerprint density at radius 3 is 2.47 bits per heavy atom. The first kappa shape index (κ1) is 12.3. The lowest BCUT2D eigenvalue weighted by Gasteiger charge is -2.39. The Kier molecular flexibility index (Phi) is 3.33. The van der Waals surface area contributed by atoms with Gasteiger partial charge in [-0.2, -0.15) is 0 Å². The molecule has 1 saturated heterocycles. The molecule has 2 nitrogen and oxygen atoms in total. The van der Waals surface area contributed by atoms with Gasteiger partial charge in [0.25, 0.3) is 6.43 Å². The highest BCUT2D eigenvalue weighted by Gasteiger charge is 2.38. The number of halogens is 2. The predicted molar refractivity (Wildman–Crippen MR) is 65.5 cm³/mol. The second-order valence-corrected chi connectivity index (χ2v) is 4.86. The summed E-state index contributed by atoms with van der Waals surface area (Å²) in [7, 11) is 0. The third-order valence-electron chi connectivity index (χ3n) is 3.50. The number of hydrogen-bond donors (Lipinski definition) is 1. The van der Waals surface area contributed by atoms with Crippen molar-refractivity contribution in [3.05, 3.63) is 29.8 Å². The molecule has 1 aromatic rings. The van der Waals surface area contributed by atoms with Crippen molar-refractivity contribution in [2.45, 2.75) is 31.7 Å². The van der Waals surface area contributed by atoms with E-state index < -0.39 is 12.0 Å². The summed E-state index contributed by atoms with van der Waals surface area (Å²) < 4.78 is 25.5. The van der Waals surface area contributed by atoms with Crippen LogP contribution in [0.15, 0.2) is 24.3 Å². The molecule has 0 spiro atoms. The fourth-order valence-corrected chi connectivity index (χ4v) is 2.22. The standard InChI is InChI=1S/C13H18F2N2/c1-10-3-2-4-11(9-10)17-7-5-13(16,6-8-17)12(14)15/h2-4,9,12H,5-8,16H2,1H3. The van der Waals surface area contributed by atoms with E-state index in [1.165, 1.54) is 5.56 Å². The zero-order valence-electron chi connectivity index (χ0n) is 10.00. The highest BCUT2D eigenvalue weighted by Crippen LogP contribution is 2.29. The van der Waals surface area contributed by atoms with Crippen LogP contribution in [0.4, 0.5) is 14.5 Å². The summed E-state index contributed by atoms with van der Waals surface area (Å²) >= 11 is 0. The van der Waals surface area contributed by atoms with Crippen molar-refractivity contribution in [3.63, 3.8) is 0 Å². The van der Waals surface area contributed by atoms with E-state index in [0.29, 0.717) is 25.9 Å². The van der Waals surface area contributed by atoms with Gasteiger partial charge in [-0.15, -0.1) is 0 Å². The summed E-state index contributed by atoms with van der Waals surface area (Å²) in [5.41, 5.74) is 6.68. The predicted octanol–water partition coefficient (Wildman–Crippen LogP) is 2.56. The van der Waals surface area contributed by atoms with Crippen LogP contribution in [0.5, 0.6) is 0 Å². The van der Waals surface area contributed by atoms with Gasteiger partial charge in [-0.3, -0.25) is 0 Å². The van der Waals surface area contributed by atoms with Crippen molar-refractivity contribution in [2.24, 2.45) is 5.73 Å². The number of piperidine rings is 1. The summed E-state index contributed by atoms with van der Waals surface area (Å²) in [6.45, 7) is 3.23. The smallest absolute Gasteiger partial charge is 0.256 e. The van der Waals surface area contributed by atoms with Crippen LogP contribution in [0, 0.1) is 6.92 Å². The molecule has 1 aliphatic heterocycles. The SMILES string of the molecule is Cc1cccc(N2CCC(N)(C(F)F)CC2)c1. The molecule has 0 radical (unpaired) electrons. The van der Waals surface area contributed by atoms with Gasteiger partial charge in [0.1, 0.15) is 0 Å². The van der Waals surface area contributed by atoms with Crippen molar-refractivity contribution in [1.82, 2.24) is 0 Å². The quantitative estimate of drug-likeness (QED) is 0.860. The van der Waals surface area contributed by atoms with E-state index in [9.17, 15) is 8.78 Å². The molecule has 2 N–H and O–H groups in total. The molecule has 94 valence electrons. The molecule has 0 atom stereocenters. The largest absolute Gasteiger partial charge is 0.371 e. The zero-order chi connectivity index (χ0) is 12.5. The van der Waals surface area contributed by atoms with Gasteiger partial charge in [0, 0.05) is 18.8 Å². The maximum Gasteiger partial charge on any atom is 0.256 e. The minimum absolute atomic E-state index is 0.346. The van der Waals surface area contributed by atoms with Crippen LogP contribution in [0.25, 0.3) is 0 Å². The second-order valence-electron chi connectivity index (χ2n) is 4.86. The molecular weight excluding hydrogens is 222 g/mol. The summed E-state index contributed by atoms with van der Waals surface area (Å²) in [5.74, 6) is 0. The van der Waals surface area contributed by atoms with Gasteiger partial charge in [0.2, 0.25) is 0 Å². The first-order valence-corrected chi connectivity index (χ1v) is 5.90. The van der Waals surface area contributed by atoms with Gasteiger partial charge < -0.3 is 10.6 Å². The Morgan fingerprint density at radius 1 is 1.29 bits per heavy atom.